The maximum atomic E-state index is 12.2. The van der Waals surface area contributed by atoms with Crippen LogP contribution in [0.1, 0.15) is 32.1 Å². The summed E-state index contributed by atoms with van der Waals surface area (Å²) in [6.45, 7) is 0.637. The molecular formula is C12H22N2O3S. The van der Waals surface area contributed by atoms with E-state index < -0.39 is 15.1 Å². The molecule has 2 N–H and O–H groups in total. The molecule has 0 radical (unpaired) electrons. The average Bonchev–Trinajstić information content (AvgIpc) is 2.25. The lowest BCUT2D eigenvalue weighted by Gasteiger charge is -2.36. The summed E-state index contributed by atoms with van der Waals surface area (Å²) >= 11 is 0. The lowest BCUT2D eigenvalue weighted by atomic mass is 9.80. The highest BCUT2D eigenvalue weighted by Gasteiger charge is 2.37. The Kier molecular flexibility index (Phi) is 3.96. The van der Waals surface area contributed by atoms with Gasteiger partial charge in [0.05, 0.1) is 5.75 Å². The zero-order valence-electron chi connectivity index (χ0n) is 10.8. The molecule has 18 heavy (non-hydrogen) atoms. The quantitative estimate of drug-likeness (QED) is 0.794. The number of rotatable bonds is 3. The predicted molar refractivity (Wildman–Crippen MR) is 69.8 cm³/mol. The van der Waals surface area contributed by atoms with Crippen molar-refractivity contribution in [2.24, 2.45) is 11.7 Å². The van der Waals surface area contributed by atoms with Crippen molar-refractivity contribution < 1.29 is 13.2 Å². The highest BCUT2D eigenvalue weighted by Crippen LogP contribution is 2.27. The van der Waals surface area contributed by atoms with E-state index in [-0.39, 0.29) is 17.7 Å². The smallest absolute Gasteiger partial charge is 0.240 e. The van der Waals surface area contributed by atoms with Crippen LogP contribution < -0.4 is 5.73 Å². The number of carbonyl (C=O) groups is 1. The van der Waals surface area contributed by atoms with Crippen LogP contribution in [-0.4, -0.2) is 49.9 Å². The molecule has 1 amide bonds. The summed E-state index contributed by atoms with van der Waals surface area (Å²) in [4.78, 5) is 13.8. The molecule has 0 aromatic rings. The molecule has 2 aliphatic rings. The van der Waals surface area contributed by atoms with Gasteiger partial charge in [0.1, 0.15) is 5.25 Å². The fourth-order valence-electron chi connectivity index (χ4n) is 2.89. The Hall–Kier alpha value is -0.620. The zero-order chi connectivity index (χ0) is 13.3. The molecule has 0 spiro atoms. The van der Waals surface area contributed by atoms with Crippen LogP contribution in [0.15, 0.2) is 0 Å². The second kappa shape index (κ2) is 5.17. The molecule has 2 rings (SSSR count). The molecule has 6 heteroatoms. The van der Waals surface area contributed by atoms with Gasteiger partial charge in [-0.1, -0.05) is 6.42 Å². The molecule has 1 unspecified atom stereocenters. The second-order valence-corrected chi connectivity index (χ2v) is 7.97. The maximum absolute atomic E-state index is 12.2. The molecule has 104 valence electrons. The van der Waals surface area contributed by atoms with Crippen molar-refractivity contribution in [3.63, 3.8) is 0 Å². The molecule has 1 aliphatic carbocycles. The van der Waals surface area contributed by atoms with Crippen molar-refractivity contribution in [3.8, 4) is 0 Å². The van der Waals surface area contributed by atoms with Gasteiger partial charge in [0, 0.05) is 19.6 Å². The first-order chi connectivity index (χ1) is 8.40. The summed E-state index contributed by atoms with van der Waals surface area (Å²) in [5.41, 5.74) is 5.71. The maximum Gasteiger partial charge on any atom is 0.240 e. The Morgan fingerprint density at radius 1 is 1.33 bits per heavy atom. The minimum absolute atomic E-state index is 0.158. The van der Waals surface area contributed by atoms with Gasteiger partial charge in [-0.25, -0.2) is 8.42 Å². The first-order valence-electron chi connectivity index (χ1n) is 6.62. The number of nitrogens with zero attached hydrogens (tertiary/aromatic N) is 1. The first-order valence-corrected chi connectivity index (χ1v) is 8.34. The van der Waals surface area contributed by atoms with Crippen molar-refractivity contribution >= 4 is 15.7 Å². The molecule has 0 bridgehead atoms. The summed E-state index contributed by atoms with van der Waals surface area (Å²) in [5.74, 6) is 0.376. The van der Waals surface area contributed by atoms with Gasteiger partial charge in [-0.15, -0.1) is 0 Å². The van der Waals surface area contributed by atoms with E-state index in [0.717, 1.165) is 19.3 Å². The van der Waals surface area contributed by atoms with Crippen LogP contribution in [0.2, 0.25) is 0 Å². The van der Waals surface area contributed by atoms with Crippen LogP contribution in [0.5, 0.6) is 0 Å². The van der Waals surface area contributed by atoms with E-state index in [1.807, 2.05) is 0 Å². The van der Waals surface area contributed by atoms with Crippen molar-refractivity contribution in [2.75, 3.05) is 19.3 Å². The third-order valence-electron chi connectivity index (χ3n) is 4.03. The van der Waals surface area contributed by atoms with E-state index in [1.165, 1.54) is 0 Å². The highest BCUT2D eigenvalue weighted by molar-refractivity contribution is 7.92. The van der Waals surface area contributed by atoms with Crippen LogP contribution in [0.4, 0.5) is 0 Å². The van der Waals surface area contributed by atoms with Gasteiger partial charge < -0.3 is 10.6 Å². The van der Waals surface area contributed by atoms with Gasteiger partial charge in [-0.05, 0) is 31.6 Å². The molecule has 5 nitrogen and oxygen atoms in total. The van der Waals surface area contributed by atoms with Crippen molar-refractivity contribution in [3.05, 3.63) is 0 Å². The minimum atomic E-state index is -3.22. The fraction of sp³-hybridized carbons (Fsp3) is 0.917. The minimum Gasteiger partial charge on any atom is -0.344 e. The summed E-state index contributed by atoms with van der Waals surface area (Å²) < 4.78 is 23.8. The Morgan fingerprint density at radius 2 is 2.00 bits per heavy atom. The second-order valence-electron chi connectivity index (χ2n) is 5.67. The zero-order valence-corrected chi connectivity index (χ0v) is 11.7. The van der Waals surface area contributed by atoms with E-state index in [9.17, 15) is 13.2 Å². The van der Waals surface area contributed by atoms with Gasteiger partial charge in [0.2, 0.25) is 5.91 Å². The van der Waals surface area contributed by atoms with E-state index in [2.05, 4.69) is 0 Å². The molecule has 1 saturated heterocycles. The summed E-state index contributed by atoms with van der Waals surface area (Å²) in [7, 11) is -1.51. The van der Waals surface area contributed by atoms with E-state index in [0.29, 0.717) is 25.3 Å². The van der Waals surface area contributed by atoms with Gasteiger partial charge >= 0.3 is 0 Å². The van der Waals surface area contributed by atoms with Gasteiger partial charge in [-0.2, -0.15) is 0 Å². The lowest BCUT2D eigenvalue weighted by molar-refractivity contribution is -0.130. The van der Waals surface area contributed by atoms with E-state index in [4.69, 9.17) is 5.73 Å². The predicted octanol–water partition coefficient (Wildman–Crippen LogP) is 0.149. The highest BCUT2D eigenvalue weighted by atomic mass is 32.2. The van der Waals surface area contributed by atoms with Crippen LogP contribution in [0, 0.1) is 5.92 Å². The largest absolute Gasteiger partial charge is 0.344 e. The Bertz CT molecular complexity index is 415. The first kappa shape index (κ1) is 13.8. The Labute approximate surface area is 109 Å². The molecule has 2 fully saturated rings. The van der Waals surface area contributed by atoms with E-state index >= 15 is 0 Å². The summed E-state index contributed by atoms with van der Waals surface area (Å²) in [6, 6.07) is 0.261. The van der Waals surface area contributed by atoms with Crippen LogP contribution >= 0.6 is 0 Å². The van der Waals surface area contributed by atoms with Crippen molar-refractivity contribution in [2.45, 2.75) is 43.4 Å². The van der Waals surface area contributed by atoms with Crippen LogP contribution in [-0.2, 0) is 14.6 Å². The van der Waals surface area contributed by atoms with Crippen LogP contribution in [0.25, 0.3) is 0 Å². The summed E-state index contributed by atoms with van der Waals surface area (Å²) in [6.07, 6.45) is 3.88. The van der Waals surface area contributed by atoms with Crippen molar-refractivity contribution in [1.82, 2.24) is 4.90 Å². The van der Waals surface area contributed by atoms with Crippen molar-refractivity contribution in [1.29, 1.82) is 0 Å². The molecule has 1 aliphatic heterocycles. The number of amides is 1. The third-order valence-corrected chi connectivity index (χ3v) is 6.20. The molecule has 1 saturated carbocycles. The third kappa shape index (κ3) is 2.85. The standard InChI is InChI=1S/C12H22N2O3S/c1-14(8-9-6-10(13)7-9)12(15)11-4-2-3-5-18(11,16)17/h9-11H,2-8,13H2,1H3. The number of hydrogen-bond donors (Lipinski definition) is 1. The number of carbonyl (C=O) groups excluding carboxylic acids is 1. The van der Waals surface area contributed by atoms with E-state index in [1.54, 1.807) is 11.9 Å². The van der Waals surface area contributed by atoms with Gasteiger partial charge in [0.25, 0.3) is 0 Å². The normalized spacial score (nSPS) is 34.7. The number of sulfone groups is 1. The summed E-state index contributed by atoms with van der Waals surface area (Å²) in [5, 5.41) is -0.801. The number of nitrogens with two attached hydrogens (primary N) is 1. The molecule has 1 atom stereocenters. The Morgan fingerprint density at radius 3 is 2.56 bits per heavy atom. The number of hydrogen-bond acceptors (Lipinski definition) is 4. The molecule has 0 aromatic carbocycles. The fourth-order valence-corrected chi connectivity index (χ4v) is 4.80. The van der Waals surface area contributed by atoms with Gasteiger partial charge in [0.15, 0.2) is 9.84 Å². The lowest BCUT2D eigenvalue weighted by Crippen LogP contribution is -2.48. The average molecular weight is 274 g/mol. The Balaban J connectivity index is 1.93. The molecular weight excluding hydrogens is 252 g/mol. The van der Waals surface area contributed by atoms with Gasteiger partial charge in [-0.3, -0.25) is 4.79 Å². The molecule has 1 heterocycles. The van der Waals surface area contributed by atoms with Crippen LogP contribution in [0.3, 0.4) is 0 Å². The topological polar surface area (TPSA) is 80.5 Å². The monoisotopic (exact) mass is 274 g/mol. The SMILES string of the molecule is CN(CC1CC(N)C1)C(=O)C1CCCCS1(=O)=O. The molecule has 0 aromatic heterocycles.